The molecule has 0 saturated carbocycles. The third-order valence-electron chi connectivity index (χ3n) is 7.90. The second kappa shape index (κ2) is 14.0. The van der Waals surface area contributed by atoms with Crippen LogP contribution in [0.1, 0.15) is 76.5 Å². The van der Waals surface area contributed by atoms with Gasteiger partial charge in [0.1, 0.15) is 0 Å². The number of ether oxygens (including phenoxy) is 1. The van der Waals surface area contributed by atoms with Crippen LogP contribution in [-0.2, 0) is 0 Å². The van der Waals surface area contributed by atoms with Crippen molar-refractivity contribution in [2.45, 2.75) is 78.7 Å². The Morgan fingerprint density at radius 2 is 1.05 bits per heavy atom. The summed E-state index contributed by atoms with van der Waals surface area (Å²) in [7, 11) is 0. The van der Waals surface area contributed by atoms with Gasteiger partial charge in [-0.05, 0) is 0 Å². The summed E-state index contributed by atoms with van der Waals surface area (Å²) in [5.74, 6) is 1.15. The first-order chi connectivity index (χ1) is 18.2. The van der Waals surface area contributed by atoms with E-state index in [1.165, 1.54) is 73.7 Å². The van der Waals surface area contributed by atoms with Gasteiger partial charge in [-0.3, -0.25) is 0 Å². The van der Waals surface area contributed by atoms with Crippen molar-refractivity contribution in [1.82, 2.24) is 0 Å². The van der Waals surface area contributed by atoms with Gasteiger partial charge in [0, 0.05) is 0 Å². The fourth-order valence-corrected chi connectivity index (χ4v) is 23.2. The van der Waals surface area contributed by atoms with Crippen molar-refractivity contribution in [3.8, 4) is 5.75 Å². The summed E-state index contributed by atoms with van der Waals surface area (Å²) in [5.41, 5.74) is 2.42. The molecule has 4 rings (SSSR count). The predicted molar refractivity (Wildman–Crippen MR) is 164 cm³/mol. The van der Waals surface area contributed by atoms with Gasteiger partial charge in [0.2, 0.25) is 0 Å². The fourth-order valence-electron chi connectivity index (χ4n) is 5.90. The summed E-state index contributed by atoms with van der Waals surface area (Å²) in [6.45, 7) is 7.08. The van der Waals surface area contributed by atoms with Gasteiger partial charge in [-0.2, -0.15) is 0 Å². The van der Waals surface area contributed by atoms with Gasteiger partial charge in [-0.25, -0.2) is 0 Å². The molecule has 0 aliphatic rings. The van der Waals surface area contributed by atoms with Crippen LogP contribution in [0.3, 0.4) is 0 Å². The Bertz CT molecular complexity index is 1160. The zero-order valence-corrected chi connectivity index (χ0v) is 25.9. The maximum atomic E-state index is 7.22. The average molecular weight is 599 g/mol. The number of hydrogen-bond acceptors (Lipinski definition) is 1. The molecule has 0 bridgehead atoms. The van der Waals surface area contributed by atoms with E-state index in [0.717, 1.165) is 5.75 Å². The molecule has 0 atom stereocenters. The van der Waals surface area contributed by atoms with Crippen molar-refractivity contribution in [2.24, 2.45) is 0 Å². The van der Waals surface area contributed by atoms with Crippen molar-refractivity contribution in [2.75, 3.05) is 0 Å². The van der Waals surface area contributed by atoms with Gasteiger partial charge in [-0.1, -0.05) is 0 Å². The third kappa shape index (κ3) is 6.79. The van der Waals surface area contributed by atoms with E-state index >= 15 is 0 Å². The minimum absolute atomic E-state index is 0.116. The van der Waals surface area contributed by atoms with Crippen LogP contribution in [0.25, 0.3) is 10.8 Å². The van der Waals surface area contributed by atoms with Crippen LogP contribution in [0.4, 0.5) is 0 Å². The van der Waals surface area contributed by atoms with E-state index in [4.69, 9.17) is 4.74 Å². The molecule has 1 nitrogen and oxygen atoms in total. The SMILES string of the molecule is CCC[CH2][Sn]([CH2]CCC)([CH2]CCC)[c]1c(OC(c2ccccc2)c2ccccc2)ccc2ccccc12. The zero-order valence-electron chi connectivity index (χ0n) is 23.1. The molecule has 0 amide bonds. The van der Waals surface area contributed by atoms with E-state index in [1.807, 2.05) is 0 Å². The molecule has 0 spiro atoms. The quantitative estimate of drug-likeness (QED) is 0.131. The Balaban J connectivity index is 1.92. The number of unbranched alkanes of at least 4 members (excludes halogenated alkanes) is 3. The monoisotopic (exact) mass is 600 g/mol. The molecule has 2 heteroatoms. The fraction of sp³-hybridized carbons (Fsp3) is 0.371. The first-order valence-corrected chi connectivity index (χ1v) is 22.0. The van der Waals surface area contributed by atoms with Gasteiger partial charge in [0.15, 0.2) is 0 Å². The van der Waals surface area contributed by atoms with E-state index < -0.39 is 18.4 Å². The molecule has 194 valence electrons. The van der Waals surface area contributed by atoms with Crippen LogP contribution in [0.2, 0.25) is 13.3 Å². The maximum absolute atomic E-state index is 7.22. The predicted octanol–water partition coefficient (Wildman–Crippen LogP) is 10.1. The molecule has 0 aliphatic heterocycles. The number of rotatable bonds is 14. The van der Waals surface area contributed by atoms with Crippen molar-refractivity contribution in [1.29, 1.82) is 0 Å². The minimum atomic E-state index is -2.84. The molecular formula is C35H44OSn. The summed E-state index contributed by atoms with van der Waals surface area (Å²) in [6.07, 6.45) is 7.72. The summed E-state index contributed by atoms with van der Waals surface area (Å²) in [4.78, 5) is 0. The van der Waals surface area contributed by atoms with Crippen molar-refractivity contribution >= 4 is 32.7 Å². The van der Waals surface area contributed by atoms with E-state index in [-0.39, 0.29) is 6.10 Å². The van der Waals surface area contributed by atoms with E-state index in [1.54, 1.807) is 3.58 Å². The third-order valence-corrected chi connectivity index (χ3v) is 23.6. The Hall–Kier alpha value is -2.26. The van der Waals surface area contributed by atoms with Crippen molar-refractivity contribution < 1.29 is 4.74 Å². The van der Waals surface area contributed by atoms with E-state index in [9.17, 15) is 0 Å². The average Bonchev–Trinajstić information content (AvgIpc) is 2.96. The molecule has 37 heavy (non-hydrogen) atoms. The van der Waals surface area contributed by atoms with Crippen LogP contribution >= 0.6 is 0 Å². The van der Waals surface area contributed by atoms with Crippen LogP contribution in [0, 0.1) is 0 Å². The number of fused-ring (bicyclic) bond motifs is 1. The molecule has 0 radical (unpaired) electrons. The summed E-state index contributed by atoms with van der Waals surface area (Å²) in [5, 5.41) is 2.82. The van der Waals surface area contributed by atoms with Gasteiger partial charge >= 0.3 is 230 Å². The standard InChI is InChI=1S/C23H17O.3C4H9.Sn/c1-3-10-19(11-4-1)23(20-12-5-2-6-13-20)24-22-16-15-18-9-7-8-14-21(18)17-22;3*1-3-4-2;/h1-16,23H;3*1,3-4H2,2H3;. The van der Waals surface area contributed by atoms with Gasteiger partial charge in [-0.15, -0.1) is 0 Å². The molecular weight excluding hydrogens is 555 g/mol. The van der Waals surface area contributed by atoms with Gasteiger partial charge in [0.25, 0.3) is 0 Å². The first-order valence-electron chi connectivity index (χ1n) is 14.5. The molecule has 0 saturated heterocycles. The van der Waals surface area contributed by atoms with Crippen LogP contribution in [-0.4, -0.2) is 18.4 Å². The molecule has 0 heterocycles. The van der Waals surface area contributed by atoms with Crippen LogP contribution < -0.4 is 8.32 Å². The zero-order chi connectivity index (χ0) is 25.9. The summed E-state index contributed by atoms with van der Waals surface area (Å²) >= 11 is -2.84. The Morgan fingerprint density at radius 1 is 0.568 bits per heavy atom. The first kappa shape index (κ1) is 27.8. The Labute approximate surface area is 229 Å². The molecule has 0 fully saturated rings. The van der Waals surface area contributed by atoms with Crippen molar-refractivity contribution in [3.05, 3.63) is 108 Å². The molecule has 0 unspecified atom stereocenters. The molecule has 0 aromatic heterocycles. The second-order valence-electron chi connectivity index (χ2n) is 10.6. The van der Waals surface area contributed by atoms with Crippen LogP contribution in [0.5, 0.6) is 5.75 Å². The van der Waals surface area contributed by atoms with E-state index in [0.29, 0.717) is 0 Å². The molecule has 4 aromatic rings. The summed E-state index contributed by atoms with van der Waals surface area (Å²) < 4.78 is 13.2. The number of benzene rings is 4. The second-order valence-corrected chi connectivity index (χ2v) is 23.6. The Kier molecular flexibility index (Phi) is 10.5. The van der Waals surface area contributed by atoms with Crippen LogP contribution in [0.15, 0.2) is 97.1 Å². The topological polar surface area (TPSA) is 9.23 Å². The normalized spacial score (nSPS) is 11.8. The van der Waals surface area contributed by atoms with Gasteiger partial charge in [0.05, 0.1) is 0 Å². The summed E-state index contributed by atoms with van der Waals surface area (Å²) in [6, 6.07) is 35.2. The molecule has 4 aromatic carbocycles. The molecule has 0 N–H and O–H groups in total. The number of hydrogen-bond donors (Lipinski definition) is 0. The van der Waals surface area contributed by atoms with Gasteiger partial charge < -0.3 is 0 Å². The Morgan fingerprint density at radius 3 is 1.57 bits per heavy atom. The molecule has 0 aliphatic carbocycles. The van der Waals surface area contributed by atoms with E-state index in [2.05, 4.69) is 118 Å². The van der Waals surface area contributed by atoms with Crippen molar-refractivity contribution in [3.63, 3.8) is 0 Å².